The number of aliphatic imine (C=N–C) groups is 1. The van der Waals surface area contributed by atoms with Crippen LogP contribution in [0.25, 0.3) is 10.9 Å². The maximum absolute atomic E-state index is 4.79. The number of nitrogens with zero attached hydrogens (tertiary/aromatic N) is 2. The van der Waals surface area contributed by atoms with E-state index in [1.165, 1.54) is 29.3 Å². The lowest BCUT2D eigenvalue weighted by atomic mass is 10.1. The maximum atomic E-state index is 4.79. The number of rotatable bonds is 4. The summed E-state index contributed by atoms with van der Waals surface area (Å²) in [7, 11) is 0. The van der Waals surface area contributed by atoms with Crippen LogP contribution in [0.3, 0.4) is 0 Å². The summed E-state index contributed by atoms with van der Waals surface area (Å²) in [5, 5.41) is 4.73. The van der Waals surface area contributed by atoms with Gasteiger partial charge in [-0.1, -0.05) is 18.2 Å². The van der Waals surface area contributed by atoms with Crippen molar-refractivity contribution in [1.29, 1.82) is 0 Å². The van der Waals surface area contributed by atoms with Crippen molar-refractivity contribution < 1.29 is 0 Å². The van der Waals surface area contributed by atoms with E-state index in [1.807, 2.05) is 0 Å². The fourth-order valence-electron chi connectivity index (χ4n) is 2.98. The van der Waals surface area contributed by atoms with Crippen LogP contribution in [0, 0.1) is 0 Å². The first kappa shape index (κ1) is 14.0. The number of hydrogen-bond donors (Lipinski definition) is 2. The number of fused-ring (bicyclic) bond motifs is 1. The minimum Gasteiger partial charge on any atom is -0.361 e. The quantitative estimate of drug-likeness (QED) is 0.670. The van der Waals surface area contributed by atoms with Crippen LogP contribution in [-0.4, -0.2) is 42.0 Å². The second-order valence-corrected chi connectivity index (χ2v) is 5.54. The van der Waals surface area contributed by atoms with Crippen molar-refractivity contribution in [1.82, 2.24) is 15.2 Å². The number of guanidine groups is 1. The van der Waals surface area contributed by atoms with Gasteiger partial charge in [0.1, 0.15) is 0 Å². The highest BCUT2D eigenvalue weighted by Gasteiger charge is 2.15. The van der Waals surface area contributed by atoms with Gasteiger partial charge in [0, 0.05) is 43.3 Å². The van der Waals surface area contributed by atoms with Crippen molar-refractivity contribution >= 4 is 16.9 Å². The smallest absolute Gasteiger partial charge is 0.193 e. The summed E-state index contributed by atoms with van der Waals surface area (Å²) in [5.74, 6) is 1.08. The Morgan fingerprint density at radius 1 is 1.29 bits per heavy atom. The summed E-state index contributed by atoms with van der Waals surface area (Å²) >= 11 is 0. The normalized spacial score (nSPS) is 15.9. The molecule has 0 saturated carbocycles. The Morgan fingerprint density at radius 3 is 2.90 bits per heavy atom. The molecule has 1 aliphatic heterocycles. The number of aromatic nitrogens is 1. The molecule has 0 spiro atoms. The third-order valence-corrected chi connectivity index (χ3v) is 4.06. The molecular weight excluding hydrogens is 260 g/mol. The summed E-state index contributed by atoms with van der Waals surface area (Å²) < 4.78 is 0. The summed E-state index contributed by atoms with van der Waals surface area (Å²) in [6.07, 6.45) is 5.66. The Bertz CT molecular complexity index is 608. The van der Waals surface area contributed by atoms with Crippen LogP contribution in [0.1, 0.15) is 25.3 Å². The van der Waals surface area contributed by atoms with E-state index < -0.39 is 0 Å². The van der Waals surface area contributed by atoms with E-state index in [0.29, 0.717) is 0 Å². The Morgan fingerprint density at radius 2 is 2.10 bits per heavy atom. The summed E-state index contributed by atoms with van der Waals surface area (Å²) in [4.78, 5) is 10.5. The second-order valence-electron chi connectivity index (χ2n) is 5.54. The molecule has 4 nitrogen and oxygen atoms in total. The molecular formula is C17H24N4. The molecule has 1 saturated heterocycles. The van der Waals surface area contributed by atoms with E-state index in [0.717, 1.165) is 38.6 Å². The number of likely N-dealkylation sites (tertiary alicyclic amines) is 1. The van der Waals surface area contributed by atoms with Crippen molar-refractivity contribution in [2.45, 2.75) is 26.2 Å². The zero-order chi connectivity index (χ0) is 14.5. The molecule has 0 unspecified atom stereocenters. The molecule has 4 heteroatoms. The van der Waals surface area contributed by atoms with Crippen molar-refractivity contribution in [2.24, 2.45) is 4.99 Å². The molecule has 0 aliphatic carbocycles. The first-order chi connectivity index (χ1) is 10.4. The van der Waals surface area contributed by atoms with Gasteiger partial charge in [-0.05, 0) is 37.8 Å². The molecule has 1 fully saturated rings. The maximum Gasteiger partial charge on any atom is 0.193 e. The lowest BCUT2D eigenvalue weighted by Gasteiger charge is -2.20. The van der Waals surface area contributed by atoms with Gasteiger partial charge in [-0.3, -0.25) is 4.99 Å². The minimum absolute atomic E-state index is 0.834. The Labute approximate surface area is 126 Å². The zero-order valence-electron chi connectivity index (χ0n) is 12.7. The molecule has 0 bridgehead atoms. The van der Waals surface area contributed by atoms with Gasteiger partial charge in [-0.2, -0.15) is 0 Å². The van der Waals surface area contributed by atoms with Gasteiger partial charge >= 0.3 is 0 Å². The van der Waals surface area contributed by atoms with Crippen molar-refractivity contribution in [3.63, 3.8) is 0 Å². The van der Waals surface area contributed by atoms with Crippen LogP contribution < -0.4 is 5.32 Å². The zero-order valence-corrected chi connectivity index (χ0v) is 12.7. The SMILES string of the molecule is CCNC(=NCCc1c[nH]c2ccccc12)N1CCCC1. The predicted molar refractivity (Wildman–Crippen MR) is 88.8 cm³/mol. The molecule has 0 atom stereocenters. The first-order valence-corrected chi connectivity index (χ1v) is 7.96. The number of aromatic amines is 1. The van der Waals surface area contributed by atoms with Crippen LogP contribution >= 0.6 is 0 Å². The van der Waals surface area contributed by atoms with E-state index in [4.69, 9.17) is 4.99 Å². The highest BCUT2D eigenvalue weighted by Crippen LogP contribution is 2.18. The molecule has 1 aromatic heterocycles. The summed E-state index contributed by atoms with van der Waals surface area (Å²) in [5.41, 5.74) is 2.56. The van der Waals surface area contributed by atoms with Crippen molar-refractivity contribution in [2.75, 3.05) is 26.2 Å². The van der Waals surface area contributed by atoms with Gasteiger partial charge in [0.05, 0.1) is 0 Å². The van der Waals surface area contributed by atoms with Crippen LogP contribution in [0.5, 0.6) is 0 Å². The highest BCUT2D eigenvalue weighted by molar-refractivity contribution is 5.83. The fourth-order valence-corrected chi connectivity index (χ4v) is 2.98. The third kappa shape index (κ3) is 3.20. The molecule has 3 rings (SSSR count). The number of hydrogen-bond acceptors (Lipinski definition) is 1. The monoisotopic (exact) mass is 284 g/mol. The lowest BCUT2D eigenvalue weighted by Crippen LogP contribution is -2.39. The number of para-hydroxylation sites is 1. The van der Waals surface area contributed by atoms with E-state index in [-0.39, 0.29) is 0 Å². The van der Waals surface area contributed by atoms with Crippen molar-refractivity contribution in [3.8, 4) is 0 Å². The van der Waals surface area contributed by atoms with Crippen LogP contribution in [0.2, 0.25) is 0 Å². The lowest BCUT2D eigenvalue weighted by molar-refractivity contribution is 0.494. The molecule has 2 aromatic rings. The number of H-pyrrole nitrogens is 1. The van der Waals surface area contributed by atoms with Gasteiger partial charge in [0.2, 0.25) is 0 Å². The molecule has 21 heavy (non-hydrogen) atoms. The number of benzene rings is 1. The van der Waals surface area contributed by atoms with Crippen LogP contribution in [0.4, 0.5) is 0 Å². The molecule has 112 valence electrons. The Hall–Kier alpha value is -1.97. The van der Waals surface area contributed by atoms with Crippen molar-refractivity contribution in [3.05, 3.63) is 36.0 Å². The largest absolute Gasteiger partial charge is 0.361 e. The van der Waals surface area contributed by atoms with Crippen LogP contribution in [0.15, 0.2) is 35.5 Å². The first-order valence-electron chi connectivity index (χ1n) is 7.96. The van der Waals surface area contributed by atoms with E-state index in [1.54, 1.807) is 0 Å². The second kappa shape index (κ2) is 6.66. The summed E-state index contributed by atoms with van der Waals surface area (Å²) in [6, 6.07) is 8.46. The van der Waals surface area contributed by atoms with E-state index >= 15 is 0 Å². The predicted octanol–water partition coefficient (Wildman–Crippen LogP) is 2.77. The average Bonchev–Trinajstić information content (AvgIpc) is 3.16. The molecule has 1 aromatic carbocycles. The minimum atomic E-state index is 0.834. The Kier molecular flexibility index (Phi) is 4.43. The molecule has 0 amide bonds. The fraction of sp³-hybridized carbons (Fsp3) is 0.471. The van der Waals surface area contributed by atoms with Gasteiger partial charge in [0.25, 0.3) is 0 Å². The van der Waals surface area contributed by atoms with Gasteiger partial charge < -0.3 is 15.2 Å². The Balaban J connectivity index is 1.66. The standard InChI is InChI=1S/C17H24N4/c1-2-18-17(21-11-5-6-12-21)19-10-9-14-13-20-16-8-4-3-7-15(14)16/h3-4,7-8,13,20H,2,5-6,9-12H2,1H3,(H,18,19). The summed E-state index contributed by atoms with van der Waals surface area (Å²) in [6.45, 7) is 6.17. The van der Waals surface area contributed by atoms with E-state index in [9.17, 15) is 0 Å². The molecule has 0 radical (unpaired) electrons. The van der Waals surface area contributed by atoms with Gasteiger partial charge in [0.15, 0.2) is 5.96 Å². The van der Waals surface area contributed by atoms with Gasteiger partial charge in [-0.25, -0.2) is 0 Å². The molecule has 2 heterocycles. The van der Waals surface area contributed by atoms with Crippen LogP contribution in [-0.2, 0) is 6.42 Å². The van der Waals surface area contributed by atoms with E-state index in [2.05, 4.69) is 52.6 Å². The third-order valence-electron chi connectivity index (χ3n) is 4.06. The number of nitrogens with one attached hydrogen (secondary N) is 2. The highest BCUT2D eigenvalue weighted by atomic mass is 15.3. The van der Waals surface area contributed by atoms with Gasteiger partial charge in [-0.15, -0.1) is 0 Å². The molecule has 2 N–H and O–H groups in total. The molecule has 1 aliphatic rings. The topological polar surface area (TPSA) is 43.4 Å². The average molecular weight is 284 g/mol.